The molecule has 0 radical (unpaired) electrons. The first kappa shape index (κ1) is 9.84. The Balaban J connectivity index is 2.26. The van der Waals surface area contributed by atoms with Crippen molar-refractivity contribution in [3.05, 3.63) is 10.8 Å². The lowest BCUT2D eigenvalue weighted by molar-refractivity contribution is 0.437. The van der Waals surface area contributed by atoms with Crippen LogP contribution in [0.4, 0.5) is 5.95 Å². The van der Waals surface area contributed by atoms with Gasteiger partial charge in [-0.3, -0.25) is 0 Å². The van der Waals surface area contributed by atoms with Gasteiger partial charge in [0, 0.05) is 13.0 Å². The SMILES string of the molecule is Cn1c(N)nc(C2CCCCC2)c1Cl. The number of rotatable bonds is 1. The highest BCUT2D eigenvalue weighted by Crippen LogP contribution is 2.36. The van der Waals surface area contributed by atoms with Crippen molar-refractivity contribution in [1.29, 1.82) is 0 Å². The normalized spacial score (nSPS) is 18.7. The van der Waals surface area contributed by atoms with Gasteiger partial charge in [0.05, 0.1) is 5.69 Å². The molecule has 0 aliphatic heterocycles. The largest absolute Gasteiger partial charge is 0.369 e. The van der Waals surface area contributed by atoms with Gasteiger partial charge in [-0.1, -0.05) is 30.9 Å². The average molecular weight is 214 g/mol. The van der Waals surface area contributed by atoms with Gasteiger partial charge < -0.3 is 10.3 Å². The van der Waals surface area contributed by atoms with Crippen LogP contribution in [0.2, 0.25) is 5.15 Å². The number of nitrogens with zero attached hydrogens (tertiary/aromatic N) is 2. The van der Waals surface area contributed by atoms with E-state index in [9.17, 15) is 0 Å². The molecule has 0 saturated heterocycles. The minimum absolute atomic E-state index is 0.524. The molecule has 1 aliphatic rings. The quantitative estimate of drug-likeness (QED) is 0.780. The molecule has 2 rings (SSSR count). The molecule has 1 fully saturated rings. The third kappa shape index (κ3) is 1.61. The maximum atomic E-state index is 6.17. The predicted octanol–water partition coefficient (Wildman–Crippen LogP) is 2.70. The van der Waals surface area contributed by atoms with Gasteiger partial charge in [0.25, 0.3) is 0 Å². The lowest BCUT2D eigenvalue weighted by Gasteiger charge is -2.19. The molecule has 1 heterocycles. The van der Waals surface area contributed by atoms with Crippen LogP contribution in [0.25, 0.3) is 0 Å². The number of hydrogen-bond donors (Lipinski definition) is 1. The van der Waals surface area contributed by atoms with Crippen molar-refractivity contribution < 1.29 is 0 Å². The molecule has 78 valence electrons. The molecule has 3 nitrogen and oxygen atoms in total. The maximum Gasteiger partial charge on any atom is 0.201 e. The first-order valence-corrected chi connectivity index (χ1v) is 5.55. The molecular formula is C10H16ClN3. The molecule has 1 saturated carbocycles. The third-order valence-electron chi connectivity index (χ3n) is 3.08. The summed E-state index contributed by atoms with van der Waals surface area (Å²) in [5, 5.41) is 0.717. The van der Waals surface area contributed by atoms with Crippen LogP contribution in [-0.2, 0) is 7.05 Å². The van der Waals surface area contributed by atoms with Crippen molar-refractivity contribution in [1.82, 2.24) is 9.55 Å². The van der Waals surface area contributed by atoms with Gasteiger partial charge in [-0.25, -0.2) is 4.98 Å². The van der Waals surface area contributed by atoms with E-state index < -0.39 is 0 Å². The summed E-state index contributed by atoms with van der Waals surface area (Å²) in [7, 11) is 1.86. The summed E-state index contributed by atoms with van der Waals surface area (Å²) in [6.45, 7) is 0. The third-order valence-corrected chi connectivity index (χ3v) is 3.52. The van der Waals surface area contributed by atoms with E-state index in [2.05, 4.69) is 4.98 Å². The maximum absolute atomic E-state index is 6.17. The Morgan fingerprint density at radius 3 is 2.50 bits per heavy atom. The van der Waals surface area contributed by atoms with Gasteiger partial charge in [-0.2, -0.15) is 0 Å². The molecule has 1 aliphatic carbocycles. The molecular weight excluding hydrogens is 198 g/mol. The van der Waals surface area contributed by atoms with Crippen LogP contribution in [0.3, 0.4) is 0 Å². The number of anilines is 1. The van der Waals surface area contributed by atoms with Crippen LogP contribution < -0.4 is 5.73 Å². The first-order valence-electron chi connectivity index (χ1n) is 5.17. The molecule has 0 atom stereocenters. The second-order valence-electron chi connectivity index (χ2n) is 4.04. The van der Waals surface area contributed by atoms with Crippen molar-refractivity contribution in [2.75, 3.05) is 5.73 Å². The monoisotopic (exact) mass is 213 g/mol. The Kier molecular flexibility index (Phi) is 2.68. The molecule has 4 heteroatoms. The standard InChI is InChI=1S/C10H16ClN3/c1-14-9(11)8(13-10(14)12)7-5-3-2-4-6-7/h7H,2-6H2,1H3,(H2,12,13). The molecule has 0 amide bonds. The van der Waals surface area contributed by atoms with E-state index in [0.717, 1.165) is 10.8 Å². The fourth-order valence-electron chi connectivity index (χ4n) is 2.15. The number of nitrogen functional groups attached to an aromatic ring is 1. The van der Waals surface area contributed by atoms with E-state index in [-0.39, 0.29) is 0 Å². The summed E-state index contributed by atoms with van der Waals surface area (Å²) >= 11 is 6.17. The number of hydrogen-bond acceptors (Lipinski definition) is 2. The Hall–Kier alpha value is -0.700. The van der Waals surface area contributed by atoms with Crippen LogP contribution in [0.15, 0.2) is 0 Å². The molecule has 0 aromatic carbocycles. The Labute approximate surface area is 89.3 Å². The highest BCUT2D eigenvalue weighted by Gasteiger charge is 2.22. The molecule has 2 N–H and O–H groups in total. The summed E-state index contributed by atoms with van der Waals surface area (Å²) in [6, 6.07) is 0. The second-order valence-corrected chi connectivity index (χ2v) is 4.40. The number of imidazole rings is 1. The molecule has 0 unspecified atom stereocenters. The van der Waals surface area contributed by atoms with Gasteiger partial charge in [-0.05, 0) is 12.8 Å². The topological polar surface area (TPSA) is 43.8 Å². The highest BCUT2D eigenvalue weighted by atomic mass is 35.5. The van der Waals surface area contributed by atoms with Crippen LogP contribution >= 0.6 is 11.6 Å². The number of aromatic nitrogens is 2. The van der Waals surface area contributed by atoms with Gasteiger partial charge in [0.1, 0.15) is 5.15 Å². The van der Waals surface area contributed by atoms with E-state index in [0.29, 0.717) is 11.9 Å². The first-order chi connectivity index (χ1) is 6.70. The fourth-order valence-corrected chi connectivity index (χ4v) is 2.44. The van der Waals surface area contributed by atoms with Gasteiger partial charge >= 0.3 is 0 Å². The summed E-state index contributed by atoms with van der Waals surface area (Å²) < 4.78 is 1.76. The van der Waals surface area contributed by atoms with Gasteiger partial charge in [-0.15, -0.1) is 0 Å². The predicted molar refractivity (Wildman–Crippen MR) is 58.5 cm³/mol. The fraction of sp³-hybridized carbons (Fsp3) is 0.700. The van der Waals surface area contributed by atoms with Crippen molar-refractivity contribution in [3.8, 4) is 0 Å². The van der Waals surface area contributed by atoms with Crippen LogP contribution in [0.5, 0.6) is 0 Å². The van der Waals surface area contributed by atoms with E-state index in [1.807, 2.05) is 7.05 Å². The van der Waals surface area contributed by atoms with Crippen molar-refractivity contribution in [2.45, 2.75) is 38.0 Å². The van der Waals surface area contributed by atoms with Crippen LogP contribution in [0, 0.1) is 0 Å². The zero-order valence-corrected chi connectivity index (χ0v) is 9.22. The lowest BCUT2D eigenvalue weighted by atomic mass is 9.87. The minimum Gasteiger partial charge on any atom is -0.369 e. The number of halogens is 1. The van der Waals surface area contributed by atoms with E-state index in [4.69, 9.17) is 17.3 Å². The summed E-state index contributed by atoms with van der Waals surface area (Å²) in [4.78, 5) is 4.34. The van der Waals surface area contributed by atoms with Crippen molar-refractivity contribution >= 4 is 17.5 Å². The van der Waals surface area contributed by atoms with Gasteiger partial charge in [0.2, 0.25) is 5.95 Å². The van der Waals surface area contributed by atoms with E-state index in [1.54, 1.807) is 4.57 Å². The lowest BCUT2D eigenvalue weighted by Crippen LogP contribution is -2.05. The van der Waals surface area contributed by atoms with Crippen molar-refractivity contribution in [2.24, 2.45) is 7.05 Å². The number of nitrogens with two attached hydrogens (primary N) is 1. The minimum atomic E-state index is 0.524. The molecule has 14 heavy (non-hydrogen) atoms. The van der Waals surface area contributed by atoms with Crippen LogP contribution in [0.1, 0.15) is 43.7 Å². The zero-order valence-electron chi connectivity index (χ0n) is 8.46. The Morgan fingerprint density at radius 2 is 2.00 bits per heavy atom. The second kappa shape index (κ2) is 3.81. The summed E-state index contributed by atoms with van der Waals surface area (Å²) in [5.74, 6) is 1.05. The Morgan fingerprint density at radius 1 is 1.36 bits per heavy atom. The molecule has 1 aromatic rings. The zero-order chi connectivity index (χ0) is 10.1. The highest BCUT2D eigenvalue weighted by molar-refractivity contribution is 6.30. The summed E-state index contributed by atoms with van der Waals surface area (Å²) in [5.41, 5.74) is 6.72. The van der Waals surface area contributed by atoms with E-state index in [1.165, 1.54) is 32.1 Å². The molecule has 0 bridgehead atoms. The van der Waals surface area contributed by atoms with Crippen LogP contribution in [-0.4, -0.2) is 9.55 Å². The Bertz CT molecular complexity index is 326. The van der Waals surface area contributed by atoms with Gasteiger partial charge in [0.15, 0.2) is 0 Å². The van der Waals surface area contributed by atoms with Crippen molar-refractivity contribution in [3.63, 3.8) is 0 Å². The molecule has 0 spiro atoms. The molecule has 1 aromatic heterocycles. The average Bonchev–Trinajstić information content (AvgIpc) is 2.47. The smallest absolute Gasteiger partial charge is 0.201 e. The summed E-state index contributed by atoms with van der Waals surface area (Å²) in [6.07, 6.45) is 6.33. The van der Waals surface area contributed by atoms with E-state index >= 15 is 0 Å².